The van der Waals surface area contributed by atoms with Crippen LogP contribution in [0.1, 0.15) is 26.3 Å². The van der Waals surface area contributed by atoms with E-state index < -0.39 is 17.3 Å². The third kappa shape index (κ3) is 2.54. The van der Waals surface area contributed by atoms with E-state index in [1.54, 1.807) is 33.0 Å². The lowest BCUT2D eigenvalue weighted by Crippen LogP contribution is -2.61. The van der Waals surface area contributed by atoms with Gasteiger partial charge in [-0.1, -0.05) is 0 Å². The van der Waals surface area contributed by atoms with Crippen molar-refractivity contribution in [3.63, 3.8) is 0 Å². The predicted octanol–water partition coefficient (Wildman–Crippen LogP) is 2.75. The van der Waals surface area contributed by atoms with E-state index in [2.05, 4.69) is 4.98 Å². The van der Waals surface area contributed by atoms with Gasteiger partial charge >= 0.3 is 6.09 Å². The summed E-state index contributed by atoms with van der Waals surface area (Å²) in [6.45, 7) is 5.71. The average Bonchev–Trinajstić information content (AvgIpc) is 2.75. The Kier molecular flexibility index (Phi) is 3.18. The lowest BCUT2D eigenvalue weighted by Gasteiger charge is -2.46. The van der Waals surface area contributed by atoms with E-state index in [9.17, 15) is 14.3 Å². The highest BCUT2D eigenvalue weighted by molar-refractivity contribution is 5.84. The van der Waals surface area contributed by atoms with E-state index in [-0.39, 0.29) is 18.9 Å². The molecular weight excluding hydrogens is 287 g/mol. The number of hydrogen-bond donors (Lipinski definition) is 2. The Morgan fingerprint density at radius 2 is 2.09 bits per heavy atom. The second-order valence-corrected chi connectivity index (χ2v) is 6.76. The van der Waals surface area contributed by atoms with Gasteiger partial charge in [0.05, 0.1) is 13.1 Å². The van der Waals surface area contributed by atoms with E-state index in [4.69, 9.17) is 4.74 Å². The molecule has 2 aromatic rings. The van der Waals surface area contributed by atoms with Crippen LogP contribution in [0.15, 0.2) is 24.4 Å². The summed E-state index contributed by atoms with van der Waals surface area (Å²) in [7, 11) is 0. The molecule has 0 atom stereocenters. The minimum Gasteiger partial charge on any atom is -0.444 e. The number of nitrogens with one attached hydrogen (secondary N) is 1. The monoisotopic (exact) mass is 306 g/mol. The maximum Gasteiger partial charge on any atom is 0.410 e. The van der Waals surface area contributed by atoms with E-state index >= 15 is 0 Å². The lowest BCUT2D eigenvalue weighted by atomic mass is 9.86. The van der Waals surface area contributed by atoms with Crippen molar-refractivity contribution in [3.8, 4) is 0 Å². The summed E-state index contributed by atoms with van der Waals surface area (Å²) in [5, 5.41) is 11.4. The molecule has 118 valence electrons. The van der Waals surface area contributed by atoms with Crippen LogP contribution in [0, 0.1) is 5.82 Å². The minimum atomic E-state index is -1.13. The molecule has 3 rings (SSSR count). The maximum absolute atomic E-state index is 13.2. The van der Waals surface area contributed by atoms with Crippen LogP contribution in [0.5, 0.6) is 0 Å². The number of benzene rings is 1. The second-order valence-electron chi connectivity index (χ2n) is 6.76. The van der Waals surface area contributed by atoms with Crippen LogP contribution in [-0.2, 0) is 10.3 Å². The third-order valence-electron chi connectivity index (χ3n) is 3.70. The SMILES string of the molecule is CC(C)(C)OC(=O)N1CC(O)(c2c[nH]c3cc(F)ccc23)C1. The standard InChI is InChI=1S/C16H19FN2O3/c1-15(2,3)22-14(20)19-8-16(21,9-19)12-7-18-13-6-10(17)4-5-11(12)13/h4-7,18,21H,8-9H2,1-3H3. The molecule has 2 N–H and O–H groups in total. The number of nitrogens with zero attached hydrogens (tertiary/aromatic N) is 1. The Morgan fingerprint density at radius 1 is 1.41 bits per heavy atom. The van der Waals surface area contributed by atoms with Crippen molar-refractivity contribution in [1.29, 1.82) is 0 Å². The molecule has 1 saturated heterocycles. The van der Waals surface area contributed by atoms with Crippen LogP contribution < -0.4 is 0 Å². The van der Waals surface area contributed by atoms with Gasteiger partial charge in [-0.3, -0.25) is 0 Å². The number of aromatic amines is 1. The largest absolute Gasteiger partial charge is 0.444 e. The molecule has 2 heterocycles. The number of rotatable bonds is 1. The summed E-state index contributed by atoms with van der Waals surface area (Å²) in [5.41, 5.74) is -0.405. The molecule has 1 aromatic heterocycles. The van der Waals surface area contributed by atoms with Crippen molar-refractivity contribution in [2.75, 3.05) is 13.1 Å². The number of aromatic nitrogens is 1. The molecule has 22 heavy (non-hydrogen) atoms. The fraction of sp³-hybridized carbons (Fsp3) is 0.438. The minimum absolute atomic E-state index is 0.159. The molecule has 0 spiro atoms. The molecule has 1 amide bonds. The number of H-pyrrole nitrogens is 1. The quantitative estimate of drug-likeness (QED) is 0.851. The number of amides is 1. The molecule has 0 aliphatic carbocycles. The first-order valence-corrected chi connectivity index (χ1v) is 7.15. The Hall–Kier alpha value is -2.08. The van der Waals surface area contributed by atoms with Gasteiger partial charge in [0.1, 0.15) is 17.0 Å². The van der Waals surface area contributed by atoms with Gasteiger partial charge in [-0.15, -0.1) is 0 Å². The van der Waals surface area contributed by atoms with Gasteiger partial charge in [0, 0.05) is 22.7 Å². The van der Waals surface area contributed by atoms with Gasteiger partial charge in [-0.05, 0) is 39.0 Å². The summed E-state index contributed by atoms with van der Waals surface area (Å²) < 4.78 is 18.5. The molecule has 1 fully saturated rings. The summed E-state index contributed by atoms with van der Waals surface area (Å²) in [6, 6.07) is 4.37. The van der Waals surface area contributed by atoms with Crippen molar-refractivity contribution >= 4 is 17.0 Å². The van der Waals surface area contributed by atoms with Crippen LogP contribution >= 0.6 is 0 Å². The number of hydrogen-bond acceptors (Lipinski definition) is 3. The van der Waals surface area contributed by atoms with Gasteiger partial charge in [-0.25, -0.2) is 9.18 Å². The van der Waals surface area contributed by atoms with Gasteiger partial charge in [0.25, 0.3) is 0 Å². The zero-order valence-electron chi connectivity index (χ0n) is 12.8. The molecule has 1 aliphatic rings. The van der Waals surface area contributed by atoms with E-state index in [1.807, 2.05) is 0 Å². The number of carbonyl (C=O) groups excluding carboxylic acids is 1. The third-order valence-corrected chi connectivity index (χ3v) is 3.70. The highest BCUT2D eigenvalue weighted by Crippen LogP contribution is 2.37. The van der Waals surface area contributed by atoms with Crippen molar-refractivity contribution in [1.82, 2.24) is 9.88 Å². The summed E-state index contributed by atoms with van der Waals surface area (Å²) in [6.07, 6.45) is 1.22. The molecule has 0 bridgehead atoms. The Morgan fingerprint density at radius 3 is 2.73 bits per heavy atom. The molecule has 0 saturated carbocycles. The van der Waals surface area contributed by atoms with Crippen LogP contribution in [0.3, 0.4) is 0 Å². The van der Waals surface area contributed by atoms with Crippen LogP contribution in [0.25, 0.3) is 10.9 Å². The van der Waals surface area contributed by atoms with Crippen molar-refractivity contribution in [3.05, 3.63) is 35.8 Å². The topological polar surface area (TPSA) is 65.6 Å². The molecule has 0 radical (unpaired) electrons. The van der Waals surface area contributed by atoms with E-state index in [0.717, 1.165) is 5.39 Å². The summed E-state index contributed by atoms with van der Waals surface area (Å²) >= 11 is 0. The summed E-state index contributed by atoms with van der Waals surface area (Å²) in [5.74, 6) is -0.336. The molecule has 0 unspecified atom stereocenters. The number of halogens is 1. The predicted molar refractivity (Wildman–Crippen MR) is 80.0 cm³/mol. The molecular formula is C16H19FN2O3. The summed E-state index contributed by atoms with van der Waals surface area (Å²) in [4.78, 5) is 16.3. The van der Waals surface area contributed by atoms with E-state index in [1.165, 1.54) is 17.0 Å². The Bertz CT molecular complexity index is 727. The normalized spacial score (nSPS) is 17.4. The van der Waals surface area contributed by atoms with Gasteiger partial charge < -0.3 is 19.7 Å². The number of ether oxygens (including phenoxy) is 1. The Balaban J connectivity index is 1.78. The first-order chi connectivity index (χ1) is 10.2. The first-order valence-electron chi connectivity index (χ1n) is 7.15. The number of β-amino-alcohol motifs (C(OH)–C–C–N with tert-alkyl or cyclic N) is 1. The van der Waals surface area contributed by atoms with Crippen LogP contribution in [-0.4, -0.2) is 39.8 Å². The van der Waals surface area contributed by atoms with Crippen molar-refractivity contribution in [2.24, 2.45) is 0 Å². The highest BCUT2D eigenvalue weighted by atomic mass is 19.1. The second kappa shape index (κ2) is 4.71. The zero-order valence-corrected chi connectivity index (χ0v) is 12.8. The fourth-order valence-corrected chi connectivity index (χ4v) is 2.69. The maximum atomic E-state index is 13.2. The average molecular weight is 306 g/mol. The Labute approximate surface area is 127 Å². The van der Waals surface area contributed by atoms with Gasteiger partial charge in [0.2, 0.25) is 0 Å². The lowest BCUT2D eigenvalue weighted by molar-refractivity contribution is -0.102. The van der Waals surface area contributed by atoms with Crippen molar-refractivity contribution < 1.29 is 19.0 Å². The van der Waals surface area contributed by atoms with Gasteiger partial charge in [0.15, 0.2) is 0 Å². The number of aliphatic hydroxyl groups is 1. The highest BCUT2D eigenvalue weighted by Gasteiger charge is 2.47. The van der Waals surface area contributed by atoms with E-state index in [0.29, 0.717) is 11.1 Å². The number of fused-ring (bicyclic) bond motifs is 1. The van der Waals surface area contributed by atoms with Crippen LogP contribution in [0.4, 0.5) is 9.18 Å². The zero-order chi connectivity index (χ0) is 16.1. The number of likely N-dealkylation sites (tertiary alicyclic amines) is 1. The van der Waals surface area contributed by atoms with Crippen LogP contribution in [0.2, 0.25) is 0 Å². The molecule has 1 aliphatic heterocycles. The molecule has 5 nitrogen and oxygen atoms in total. The first kappa shape index (κ1) is 14.8. The molecule has 1 aromatic carbocycles. The smallest absolute Gasteiger partial charge is 0.410 e. The fourth-order valence-electron chi connectivity index (χ4n) is 2.69. The molecule has 6 heteroatoms. The van der Waals surface area contributed by atoms with Gasteiger partial charge in [-0.2, -0.15) is 0 Å². The van der Waals surface area contributed by atoms with Crippen molar-refractivity contribution in [2.45, 2.75) is 32.0 Å². The number of carbonyl (C=O) groups is 1.